The zero-order chi connectivity index (χ0) is 17.0. The second kappa shape index (κ2) is 7.35. The number of esters is 1. The molecule has 2 aromatic heterocycles. The summed E-state index contributed by atoms with van der Waals surface area (Å²) in [5.41, 5.74) is 1.57. The fraction of sp³-hybridized carbons (Fsp3) is 0.333. The van der Waals surface area contributed by atoms with Gasteiger partial charge in [-0.2, -0.15) is 10.4 Å². The summed E-state index contributed by atoms with van der Waals surface area (Å²) in [5, 5.41) is 13.9. The zero-order valence-corrected chi connectivity index (χ0v) is 14.6. The van der Waals surface area contributed by atoms with Gasteiger partial charge in [0.15, 0.2) is 11.7 Å². The number of nitriles is 1. The molecule has 2 rings (SSSR count). The van der Waals surface area contributed by atoms with Gasteiger partial charge < -0.3 is 9.64 Å². The van der Waals surface area contributed by atoms with Crippen molar-refractivity contribution in [1.82, 2.24) is 19.7 Å². The summed E-state index contributed by atoms with van der Waals surface area (Å²) < 4.78 is 6.74. The van der Waals surface area contributed by atoms with Gasteiger partial charge in [0.2, 0.25) is 0 Å². The number of halogens is 1. The van der Waals surface area contributed by atoms with Gasteiger partial charge in [-0.25, -0.2) is 9.48 Å². The molecule has 0 bridgehead atoms. The molecule has 0 saturated carbocycles. The average molecular weight is 378 g/mol. The lowest BCUT2D eigenvalue weighted by atomic mass is 10.2. The van der Waals surface area contributed by atoms with Crippen LogP contribution in [0.5, 0.6) is 0 Å². The number of methoxy groups -OCH3 is 1. The van der Waals surface area contributed by atoms with Crippen LogP contribution in [0, 0.1) is 11.3 Å². The van der Waals surface area contributed by atoms with Gasteiger partial charge in [-0.15, -0.1) is 0 Å². The van der Waals surface area contributed by atoms with Crippen molar-refractivity contribution in [2.45, 2.75) is 6.04 Å². The number of ether oxygens (including phenoxy) is 1. The molecule has 23 heavy (non-hydrogen) atoms. The van der Waals surface area contributed by atoms with E-state index < -0.39 is 12.0 Å². The van der Waals surface area contributed by atoms with Crippen LogP contribution in [0.3, 0.4) is 0 Å². The molecule has 0 aliphatic heterocycles. The van der Waals surface area contributed by atoms with E-state index in [4.69, 9.17) is 4.74 Å². The predicted octanol–water partition coefficient (Wildman–Crippen LogP) is 2.12. The standard InChI is InChI=1S/C15H16BrN5O2/c1-20(2)9-11(8-17)21-14(15(22)23-3)12(16)13(19-21)10-4-6-18-7-5-10/h4-7,11H,9H2,1-3H3. The lowest BCUT2D eigenvalue weighted by molar-refractivity contribution is 0.0583. The monoisotopic (exact) mass is 377 g/mol. The molecule has 0 aliphatic carbocycles. The molecule has 0 spiro atoms. The van der Waals surface area contributed by atoms with Gasteiger partial charge in [0.05, 0.1) is 17.7 Å². The highest BCUT2D eigenvalue weighted by Gasteiger charge is 2.28. The van der Waals surface area contributed by atoms with Crippen LogP contribution in [-0.4, -0.2) is 53.4 Å². The summed E-state index contributed by atoms with van der Waals surface area (Å²) in [6.07, 6.45) is 3.28. The Labute approximate surface area is 142 Å². The molecule has 0 amide bonds. The lowest BCUT2D eigenvalue weighted by Gasteiger charge is -2.16. The Balaban J connectivity index is 2.61. The van der Waals surface area contributed by atoms with Gasteiger partial charge in [-0.05, 0) is 42.2 Å². The van der Waals surface area contributed by atoms with E-state index >= 15 is 0 Å². The zero-order valence-electron chi connectivity index (χ0n) is 13.0. The van der Waals surface area contributed by atoms with Crippen molar-refractivity contribution >= 4 is 21.9 Å². The van der Waals surface area contributed by atoms with Crippen molar-refractivity contribution in [3.05, 3.63) is 34.7 Å². The van der Waals surface area contributed by atoms with E-state index in [2.05, 4.69) is 32.1 Å². The van der Waals surface area contributed by atoms with Crippen molar-refractivity contribution in [3.63, 3.8) is 0 Å². The summed E-state index contributed by atoms with van der Waals surface area (Å²) in [4.78, 5) is 18.0. The molecular weight excluding hydrogens is 362 g/mol. The number of hydrogen-bond donors (Lipinski definition) is 0. The fourth-order valence-electron chi connectivity index (χ4n) is 2.13. The minimum Gasteiger partial charge on any atom is -0.464 e. The lowest BCUT2D eigenvalue weighted by Crippen LogP contribution is -2.26. The van der Waals surface area contributed by atoms with E-state index in [1.807, 2.05) is 19.0 Å². The molecule has 120 valence electrons. The van der Waals surface area contributed by atoms with Crippen LogP contribution >= 0.6 is 15.9 Å². The van der Waals surface area contributed by atoms with E-state index in [9.17, 15) is 10.1 Å². The summed E-state index contributed by atoms with van der Waals surface area (Å²) in [6, 6.07) is 5.13. The minimum absolute atomic E-state index is 0.215. The molecular formula is C15H16BrN5O2. The van der Waals surface area contributed by atoms with Crippen LogP contribution in [0.2, 0.25) is 0 Å². The Bertz CT molecular complexity index is 736. The fourth-order valence-corrected chi connectivity index (χ4v) is 2.78. The highest BCUT2D eigenvalue weighted by molar-refractivity contribution is 9.10. The summed E-state index contributed by atoms with van der Waals surface area (Å²) in [7, 11) is 5.00. The van der Waals surface area contributed by atoms with Crippen molar-refractivity contribution in [1.29, 1.82) is 5.26 Å². The van der Waals surface area contributed by atoms with E-state index in [1.165, 1.54) is 11.8 Å². The van der Waals surface area contributed by atoms with Crippen LogP contribution in [0.4, 0.5) is 0 Å². The number of nitrogens with zero attached hydrogens (tertiary/aromatic N) is 5. The molecule has 0 fully saturated rings. The Morgan fingerprint density at radius 1 is 1.48 bits per heavy atom. The molecule has 8 heteroatoms. The van der Waals surface area contributed by atoms with E-state index in [0.29, 0.717) is 16.7 Å². The first-order valence-corrected chi connectivity index (χ1v) is 7.60. The molecule has 2 aromatic rings. The van der Waals surface area contributed by atoms with Crippen LogP contribution in [0.1, 0.15) is 16.5 Å². The molecule has 0 saturated heterocycles. The number of likely N-dealkylation sites (N-methyl/N-ethyl adjacent to an activating group) is 1. The number of rotatable bonds is 5. The maximum Gasteiger partial charge on any atom is 0.357 e. The normalized spacial score (nSPS) is 12.0. The van der Waals surface area contributed by atoms with Gasteiger partial charge >= 0.3 is 5.97 Å². The molecule has 1 unspecified atom stereocenters. The number of carbonyl (C=O) groups is 1. The largest absolute Gasteiger partial charge is 0.464 e. The van der Waals surface area contributed by atoms with Crippen LogP contribution in [0.25, 0.3) is 11.3 Å². The Morgan fingerprint density at radius 2 is 2.13 bits per heavy atom. The van der Waals surface area contributed by atoms with Crippen LogP contribution in [0.15, 0.2) is 29.0 Å². The average Bonchev–Trinajstić information content (AvgIpc) is 2.89. The highest BCUT2D eigenvalue weighted by Crippen LogP contribution is 2.32. The van der Waals surface area contributed by atoms with Gasteiger partial charge in [-0.1, -0.05) is 0 Å². The SMILES string of the molecule is COC(=O)c1c(Br)c(-c2ccncc2)nn1C(C#N)CN(C)C. The maximum absolute atomic E-state index is 12.2. The molecule has 0 aromatic carbocycles. The van der Waals surface area contributed by atoms with Crippen molar-refractivity contribution in [2.24, 2.45) is 0 Å². The van der Waals surface area contributed by atoms with Crippen molar-refractivity contribution in [3.8, 4) is 17.3 Å². The van der Waals surface area contributed by atoms with Gasteiger partial charge in [0.25, 0.3) is 0 Å². The van der Waals surface area contributed by atoms with Crippen molar-refractivity contribution in [2.75, 3.05) is 27.7 Å². The molecule has 1 atom stereocenters. The Hall–Kier alpha value is -2.24. The molecule has 0 radical (unpaired) electrons. The smallest absolute Gasteiger partial charge is 0.357 e. The highest BCUT2D eigenvalue weighted by atomic mass is 79.9. The van der Waals surface area contributed by atoms with Gasteiger partial charge in [0.1, 0.15) is 5.69 Å². The first-order chi connectivity index (χ1) is 11.0. The Morgan fingerprint density at radius 3 is 2.65 bits per heavy atom. The molecule has 0 aliphatic rings. The number of pyridine rings is 1. The third-order valence-electron chi connectivity index (χ3n) is 3.17. The molecule has 0 N–H and O–H groups in total. The number of hydrogen-bond acceptors (Lipinski definition) is 6. The van der Waals surface area contributed by atoms with Crippen LogP contribution in [-0.2, 0) is 4.74 Å². The quantitative estimate of drug-likeness (QED) is 0.742. The third-order valence-corrected chi connectivity index (χ3v) is 3.92. The topological polar surface area (TPSA) is 84.0 Å². The second-order valence-corrected chi connectivity index (χ2v) is 5.88. The first-order valence-electron chi connectivity index (χ1n) is 6.80. The summed E-state index contributed by atoms with van der Waals surface area (Å²) >= 11 is 3.42. The Kier molecular flexibility index (Phi) is 5.47. The van der Waals surface area contributed by atoms with Gasteiger partial charge in [-0.3, -0.25) is 4.98 Å². The summed E-state index contributed by atoms with van der Waals surface area (Å²) in [5.74, 6) is -0.552. The van der Waals surface area contributed by atoms with E-state index in [1.54, 1.807) is 24.5 Å². The second-order valence-electron chi connectivity index (χ2n) is 5.09. The summed E-state index contributed by atoms with van der Waals surface area (Å²) in [6.45, 7) is 0.421. The number of carbonyl (C=O) groups excluding carboxylic acids is 1. The molecule has 2 heterocycles. The minimum atomic E-state index is -0.619. The first kappa shape index (κ1) is 17.1. The van der Waals surface area contributed by atoms with Gasteiger partial charge in [0, 0.05) is 24.5 Å². The van der Waals surface area contributed by atoms with E-state index in [-0.39, 0.29) is 5.69 Å². The molecule has 7 nitrogen and oxygen atoms in total. The van der Waals surface area contributed by atoms with Crippen LogP contribution < -0.4 is 0 Å². The van der Waals surface area contributed by atoms with E-state index in [0.717, 1.165) is 5.56 Å². The maximum atomic E-state index is 12.2. The number of aromatic nitrogens is 3. The third kappa shape index (κ3) is 3.57. The predicted molar refractivity (Wildman–Crippen MR) is 87.7 cm³/mol. The van der Waals surface area contributed by atoms with Crippen molar-refractivity contribution < 1.29 is 9.53 Å².